The molecule has 150 valence electrons. The Kier molecular flexibility index (Phi) is 8.00. The van der Waals surface area contributed by atoms with Gasteiger partial charge in [-0.2, -0.15) is 0 Å². The van der Waals surface area contributed by atoms with Gasteiger partial charge < -0.3 is 16.0 Å². The molecule has 0 aromatic heterocycles. The lowest BCUT2D eigenvalue weighted by Gasteiger charge is -2.22. The highest BCUT2D eigenvalue weighted by molar-refractivity contribution is 5.98. The molecule has 0 saturated heterocycles. The topological polar surface area (TPSA) is 87.3 Å². The summed E-state index contributed by atoms with van der Waals surface area (Å²) in [5.74, 6) is -1.06. The van der Waals surface area contributed by atoms with Crippen LogP contribution in [-0.4, -0.2) is 36.3 Å². The molecule has 1 aromatic rings. The summed E-state index contributed by atoms with van der Waals surface area (Å²) >= 11 is 0. The summed E-state index contributed by atoms with van der Waals surface area (Å²) in [5, 5.41) is 8.07. The minimum atomic E-state index is -0.716. The quantitative estimate of drug-likeness (QED) is 0.684. The maximum atomic E-state index is 12.5. The van der Waals surface area contributed by atoms with Crippen LogP contribution in [0, 0.1) is 5.92 Å². The van der Waals surface area contributed by atoms with Crippen molar-refractivity contribution in [2.45, 2.75) is 66.0 Å². The first-order valence-corrected chi connectivity index (χ1v) is 9.40. The van der Waals surface area contributed by atoms with Gasteiger partial charge in [0.05, 0.1) is 6.54 Å². The summed E-state index contributed by atoms with van der Waals surface area (Å²) in [4.78, 5) is 36.7. The first kappa shape index (κ1) is 22.7. The summed E-state index contributed by atoms with van der Waals surface area (Å²) in [5.41, 5.74) is 1.64. The second kappa shape index (κ2) is 9.53. The Morgan fingerprint density at radius 2 is 1.48 bits per heavy atom. The molecule has 3 N–H and O–H groups in total. The lowest BCUT2D eigenvalue weighted by Crippen LogP contribution is -2.51. The number of hydrogen-bond acceptors (Lipinski definition) is 3. The van der Waals surface area contributed by atoms with E-state index >= 15 is 0 Å². The van der Waals surface area contributed by atoms with Crippen LogP contribution in [0.15, 0.2) is 24.3 Å². The van der Waals surface area contributed by atoms with E-state index in [4.69, 9.17) is 0 Å². The van der Waals surface area contributed by atoms with E-state index in [9.17, 15) is 14.4 Å². The molecule has 0 saturated carbocycles. The van der Waals surface area contributed by atoms with Gasteiger partial charge in [0.2, 0.25) is 11.8 Å². The van der Waals surface area contributed by atoms with Crippen LogP contribution in [-0.2, 0) is 15.0 Å². The molecule has 1 aromatic carbocycles. The fourth-order valence-corrected chi connectivity index (χ4v) is 2.53. The van der Waals surface area contributed by atoms with Gasteiger partial charge >= 0.3 is 0 Å². The first-order valence-electron chi connectivity index (χ1n) is 9.40. The normalized spacial score (nSPS) is 12.6. The van der Waals surface area contributed by atoms with Gasteiger partial charge in [0, 0.05) is 11.6 Å². The zero-order chi connectivity index (χ0) is 20.8. The predicted molar refractivity (Wildman–Crippen MR) is 108 cm³/mol. The molecular weight excluding hydrogens is 342 g/mol. The van der Waals surface area contributed by atoms with E-state index in [-0.39, 0.29) is 41.6 Å². The van der Waals surface area contributed by atoms with Crippen LogP contribution in [0.3, 0.4) is 0 Å². The number of hydrogen-bond donors (Lipinski definition) is 3. The Bertz CT molecular complexity index is 658. The third kappa shape index (κ3) is 7.41. The molecule has 0 aliphatic carbocycles. The summed E-state index contributed by atoms with van der Waals surface area (Å²) < 4.78 is 0. The van der Waals surface area contributed by atoms with Gasteiger partial charge in [0.25, 0.3) is 5.91 Å². The zero-order valence-corrected chi connectivity index (χ0v) is 17.5. The smallest absolute Gasteiger partial charge is 0.251 e. The Balaban J connectivity index is 2.74. The van der Waals surface area contributed by atoms with Crippen LogP contribution >= 0.6 is 0 Å². The fourth-order valence-electron chi connectivity index (χ4n) is 2.53. The summed E-state index contributed by atoms with van der Waals surface area (Å²) in [6, 6.07) is 6.67. The summed E-state index contributed by atoms with van der Waals surface area (Å²) in [6.07, 6.45) is 0. The minimum Gasteiger partial charge on any atom is -0.352 e. The average molecular weight is 376 g/mol. The molecule has 0 radical (unpaired) electrons. The van der Waals surface area contributed by atoms with E-state index in [1.54, 1.807) is 12.1 Å². The van der Waals surface area contributed by atoms with Gasteiger partial charge in [-0.25, -0.2) is 0 Å². The predicted octanol–water partition coefficient (Wildman–Crippen LogP) is 2.38. The minimum absolute atomic E-state index is 0.00562. The maximum Gasteiger partial charge on any atom is 0.251 e. The zero-order valence-electron chi connectivity index (χ0n) is 17.5. The van der Waals surface area contributed by atoms with Crippen molar-refractivity contribution >= 4 is 17.7 Å². The maximum absolute atomic E-state index is 12.5. The van der Waals surface area contributed by atoms with E-state index in [0.717, 1.165) is 5.56 Å². The number of rotatable bonds is 7. The third-order valence-corrected chi connectivity index (χ3v) is 4.12. The monoisotopic (exact) mass is 375 g/mol. The van der Waals surface area contributed by atoms with E-state index in [1.165, 1.54) is 0 Å². The van der Waals surface area contributed by atoms with Crippen LogP contribution in [0.5, 0.6) is 0 Å². The van der Waals surface area contributed by atoms with Gasteiger partial charge in [-0.15, -0.1) is 0 Å². The van der Waals surface area contributed by atoms with E-state index in [2.05, 4.69) is 36.7 Å². The second-order valence-electron chi connectivity index (χ2n) is 8.46. The van der Waals surface area contributed by atoms with Crippen molar-refractivity contribution in [1.29, 1.82) is 0 Å². The van der Waals surface area contributed by atoms with Gasteiger partial charge in [-0.05, 0) is 42.9 Å². The molecule has 0 spiro atoms. The van der Waals surface area contributed by atoms with Crippen molar-refractivity contribution in [2.24, 2.45) is 5.92 Å². The molecule has 0 aliphatic rings. The average Bonchev–Trinajstić information content (AvgIpc) is 2.55. The highest BCUT2D eigenvalue weighted by Gasteiger charge is 2.25. The number of nitrogens with one attached hydrogen (secondary N) is 3. The Morgan fingerprint density at radius 3 is 1.93 bits per heavy atom. The van der Waals surface area contributed by atoms with Crippen LogP contribution in [0.4, 0.5) is 0 Å². The van der Waals surface area contributed by atoms with Gasteiger partial charge in [-0.3, -0.25) is 14.4 Å². The molecule has 0 heterocycles. The highest BCUT2D eigenvalue weighted by atomic mass is 16.2. The van der Waals surface area contributed by atoms with Crippen LogP contribution < -0.4 is 16.0 Å². The summed E-state index contributed by atoms with van der Waals surface area (Å²) in [7, 11) is 0. The lowest BCUT2D eigenvalue weighted by molar-refractivity contribution is -0.128. The Labute approximate surface area is 162 Å². The SMILES string of the molecule is CC(C)NC(=O)CNC(=O)C(NC(=O)c1ccc(C(C)(C)C)cc1)C(C)C. The molecular formula is C21H33N3O3. The Hall–Kier alpha value is -2.37. The second-order valence-corrected chi connectivity index (χ2v) is 8.46. The van der Waals surface area contributed by atoms with Crippen LogP contribution in [0.1, 0.15) is 64.4 Å². The van der Waals surface area contributed by atoms with Gasteiger partial charge in [-0.1, -0.05) is 46.8 Å². The third-order valence-electron chi connectivity index (χ3n) is 4.12. The van der Waals surface area contributed by atoms with Gasteiger partial charge in [0.1, 0.15) is 6.04 Å². The molecule has 6 heteroatoms. The number of carbonyl (C=O) groups is 3. The van der Waals surface area contributed by atoms with Gasteiger partial charge in [0.15, 0.2) is 0 Å². The molecule has 0 bridgehead atoms. The number of carbonyl (C=O) groups excluding carboxylic acids is 3. The van der Waals surface area contributed by atoms with Crippen molar-refractivity contribution in [3.63, 3.8) is 0 Å². The van der Waals surface area contributed by atoms with Crippen molar-refractivity contribution in [2.75, 3.05) is 6.54 Å². The molecule has 1 rings (SSSR count). The van der Waals surface area contributed by atoms with E-state index in [0.29, 0.717) is 5.56 Å². The van der Waals surface area contributed by atoms with Crippen molar-refractivity contribution in [1.82, 2.24) is 16.0 Å². The van der Waals surface area contributed by atoms with Crippen molar-refractivity contribution < 1.29 is 14.4 Å². The fraction of sp³-hybridized carbons (Fsp3) is 0.571. The molecule has 0 fully saturated rings. The molecule has 6 nitrogen and oxygen atoms in total. The van der Waals surface area contributed by atoms with E-state index < -0.39 is 6.04 Å². The first-order chi connectivity index (χ1) is 12.4. The van der Waals surface area contributed by atoms with Crippen molar-refractivity contribution in [3.05, 3.63) is 35.4 Å². The van der Waals surface area contributed by atoms with E-state index in [1.807, 2.05) is 39.8 Å². The molecule has 27 heavy (non-hydrogen) atoms. The van der Waals surface area contributed by atoms with Crippen LogP contribution in [0.25, 0.3) is 0 Å². The largest absolute Gasteiger partial charge is 0.352 e. The molecule has 0 aliphatic heterocycles. The molecule has 1 atom stereocenters. The van der Waals surface area contributed by atoms with Crippen LogP contribution in [0.2, 0.25) is 0 Å². The number of amides is 3. The highest BCUT2D eigenvalue weighted by Crippen LogP contribution is 2.22. The lowest BCUT2D eigenvalue weighted by atomic mass is 9.86. The summed E-state index contributed by atoms with van der Waals surface area (Å²) in [6.45, 7) is 13.6. The van der Waals surface area contributed by atoms with Crippen molar-refractivity contribution in [3.8, 4) is 0 Å². The molecule has 1 unspecified atom stereocenters. The standard InChI is InChI=1S/C21H33N3O3/c1-13(2)18(20(27)22-12-17(25)23-14(3)4)24-19(26)15-8-10-16(11-9-15)21(5,6)7/h8-11,13-14,18H,12H2,1-7H3,(H,22,27)(H,23,25)(H,24,26). The Morgan fingerprint density at radius 1 is 0.926 bits per heavy atom. The number of benzene rings is 1. The molecule has 3 amide bonds.